The maximum Gasteiger partial charge on any atom is 0.337 e. The van der Waals surface area contributed by atoms with E-state index >= 15 is 0 Å². The molecular weight excluding hydrogens is 337 g/mol. The number of benzene rings is 1. The molecule has 1 aliphatic carbocycles. The van der Waals surface area contributed by atoms with Crippen molar-refractivity contribution < 1.29 is 18.3 Å². The summed E-state index contributed by atoms with van der Waals surface area (Å²) in [5.74, 6) is -1.07. The van der Waals surface area contributed by atoms with Gasteiger partial charge in [-0.15, -0.1) is 0 Å². The molecule has 0 aromatic heterocycles. The number of carbonyl (C=O) groups is 1. The lowest BCUT2D eigenvalue weighted by molar-refractivity contribution is 0.0697. The Morgan fingerprint density at radius 1 is 1.33 bits per heavy atom. The quantitative estimate of drug-likeness (QED) is 0.853. The maximum absolute atomic E-state index is 12.5. The number of hydrogen-bond acceptors (Lipinski definition) is 3. The summed E-state index contributed by atoms with van der Waals surface area (Å²) in [5.41, 5.74) is -0.956. The number of nitrogens with one attached hydrogen (secondary N) is 1. The normalized spacial score (nSPS) is 16.0. The van der Waals surface area contributed by atoms with E-state index < -0.39 is 21.5 Å². The summed E-state index contributed by atoms with van der Waals surface area (Å²) < 4.78 is 27.5. The van der Waals surface area contributed by atoms with Crippen LogP contribution in [0.25, 0.3) is 0 Å². The van der Waals surface area contributed by atoms with Crippen molar-refractivity contribution in [3.63, 3.8) is 0 Å². The molecule has 0 unspecified atom stereocenters. The van der Waals surface area contributed by atoms with Crippen molar-refractivity contribution >= 4 is 39.2 Å². The Labute approximate surface area is 133 Å². The fourth-order valence-electron chi connectivity index (χ4n) is 2.21. The van der Waals surface area contributed by atoms with E-state index in [2.05, 4.69) is 4.72 Å². The number of sulfonamides is 1. The highest BCUT2D eigenvalue weighted by atomic mass is 35.5. The van der Waals surface area contributed by atoms with Crippen LogP contribution in [0.4, 0.5) is 0 Å². The molecule has 8 heteroatoms. The molecule has 21 heavy (non-hydrogen) atoms. The Bertz CT molecular complexity index is 696. The second-order valence-electron chi connectivity index (χ2n) is 5.67. The maximum atomic E-state index is 12.5. The van der Waals surface area contributed by atoms with Crippen molar-refractivity contribution in [2.45, 2.75) is 37.1 Å². The molecule has 2 rings (SSSR count). The van der Waals surface area contributed by atoms with Crippen molar-refractivity contribution in [2.75, 3.05) is 0 Å². The Morgan fingerprint density at radius 3 is 2.38 bits per heavy atom. The van der Waals surface area contributed by atoms with Gasteiger partial charge in [-0.2, -0.15) is 0 Å². The Hall–Kier alpha value is -0.820. The van der Waals surface area contributed by atoms with Gasteiger partial charge in [0.15, 0.2) is 0 Å². The van der Waals surface area contributed by atoms with Gasteiger partial charge in [0, 0.05) is 10.6 Å². The second kappa shape index (κ2) is 5.43. The van der Waals surface area contributed by atoms with Crippen molar-refractivity contribution in [3.05, 3.63) is 27.7 Å². The minimum Gasteiger partial charge on any atom is -0.478 e. The highest BCUT2D eigenvalue weighted by molar-refractivity contribution is 7.89. The number of aromatic carboxylic acids is 1. The van der Waals surface area contributed by atoms with Crippen LogP contribution in [-0.4, -0.2) is 25.0 Å². The minimum absolute atomic E-state index is 0.00130. The van der Waals surface area contributed by atoms with Crippen LogP contribution in [0.2, 0.25) is 10.0 Å². The molecule has 2 N–H and O–H groups in total. The Morgan fingerprint density at radius 2 is 1.90 bits per heavy atom. The van der Waals surface area contributed by atoms with E-state index in [9.17, 15) is 13.2 Å². The fraction of sp³-hybridized carbons (Fsp3) is 0.462. The molecular formula is C13H15Cl2NO4S. The molecule has 0 heterocycles. The van der Waals surface area contributed by atoms with Gasteiger partial charge in [0.1, 0.15) is 4.90 Å². The number of carboxylic acids is 1. The number of carboxylic acid groups (broad SMARTS) is 1. The van der Waals surface area contributed by atoms with E-state index in [-0.39, 0.29) is 26.4 Å². The molecule has 1 saturated carbocycles. The van der Waals surface area contributed by atoms with Gasteiger partial charge >= 0.3 is 5.97 Å². The van der Waals surface area contributed by atoms with Gasteiger partial charge in [-0.1, -0.05) is 23.2 Å². The average Bonchev–Trinajstić information content (AvgIpc) is 3.13. The van der Waals surface area contributed by atoms with Gasteiger partial charge in [-0.25, -0.2) is 17.9 Å². The summed E-state index contributed by atoms with van der Waals surface area (Å²) in [6, 6.07) is 2.28. The largest absolute Gasteiger partial charge is 0.478 e. The van der Waals surface area contributed by atoms with Crippen molar-refractivity contribution in [2.24, 2.45) is 5.92 Å². The predicted molar refractivity (Wildman–Crippen MR) is 80.5 cm³/mol. The molecule has 5 nitrogen and oxygen atoms in total. The van der Waals surface area contributed by atoms with Crippen LogP contribution in [0.5, 0.6) is 0 Å². The molecule has 0 amide bonds. The molecule has 1 fully saturated rings. The van der Waals surface area contributed by atoms with Gasteiger partial charge in [-0.05, 0) is 44.7 Å². The first kappa shape index (κ1) is 16.5. The van der Waals surface area contributed by atoms with Gasteiger partial charge < -0.3 is 5.11 Å². The SMILES string of the molecule is CC(C)(NS(=O)(=O)c1cc(Cl)cc(C(=O)O)c1Cl)C1CC1. The predicted octanol–water partition coefficient (Wildman–Crippen LogP) is 3.16. The van der Waals surface area contributed by atoms with Crippen molar-refractivity contribution in [3.8, 4) is 0 Å². The van der Waals surface area contributed by atoms with E-state index in [1.165, 1.54) is 0 Å². The lowest BCUT2D eigenvalue weighted by atomic mass is 10.0. The molecule has 1 aliphatic rings. The van der Waals surface area contributed by atoms with E-state index in [1.807, 2.05) is 0 Å². The summed E-state index contributed by atoms with van der Waals surface area (Å²) in [4.78, 5) is 10.8. The Balaban J connectivity index is 2.47. The third-order valence-electron chi connectivity index (χ3n) is 3.52. The molecule has 0 aliphatic heterocycles. The molecule has 0 bridgehead atoms. The lowest BCUT2D eigenvalue weighted by Gasteiger charge is -2.26. The zero-order chi connectivity index (χ0) is 16.0. The molecule has 0 saturated heterocycles. The zero-order valence-corrected chi connectivity index (χ0v) is 13.8. The third-order valence-corrected chi connectivity index (χ3v) is 5.95. The average molecular weight is 352 g/mol. The van der Waals surface area contributed by atoms with E-state index in [0.717, 1.165) is 25.0 Å². The lowest BCUT2D eigenvalue weighted by Crippen LogP contribution is -2.45. The van der Waals surface area contributed by atoms with E-state index in [0.29, 0.717) is 0 Å². The number of halogens is 2. The summed E-state index contributed by atoms with van der Waals surface area (Å²) >= 11 is 11.7. The highest BCUT2D eigenvalue weighted by Crippen LogP contribution is 2.40. The van der Waals surface area contributed by atoms with Gasteiger partial charge in [-0.3, -0.25) is 0 Å². The summed E-state index contributed by atoms with van der Waals surface area (Å²) in [6.45, 7) is 3.58. The topological polar surface area (TPSA) is 83.5 Å². The number of hydrogen-bond donors (Lipinski definition) is 2. The fourth-order valence-corrected chi connectivity index (χ4v) is 4.58. The molecule has 0 radical (unpaired) electrons. The summed E-state index contributed by atoms with van der Waals surface area (Å²) in [6.07, 6.45) is 1.92. The monoisotopic (exact) mass is 351 g/mol. The summed E-state index contributed by atoms with van der Waals surface area (Å²) in [7, 11) is -3.96. The van der Waals surface area contributed by atoms with Gasteiger partial charge in [0.2, 0.25) is 10.0 Å². The van der Waals surface area contributed by atoms with Crippen LogP contribution in [0.1, 0.15) is 37.0 Å². The van der Waals surface area contributed by atoms with E-state index in [4.69, 9.17) is 28.3 Å². The van der Waals surface area contributed by atoms with Crippen LogP contribution in [0.15, 0.2) is 17.0 Å². The van der Waals surface area contributed by atoms with Crippen LogP contribution in [0.3, 0.4) is 0 Å². The molecule has 0 spiro atoms. The van der Waals surface area contributed by atoms with Crippen LogP contribution in [0, 0.1) is 5.92 Å². The molecule has 116 valence electrons. The van der Waals surface area contributed by atoms with Crippen LogP contribution in [-0.2, 0) is 10.0 Å². The van der Waals surface area contributed by atoms with Crippen molar-refractivity contribution in [1.29, 1.82) is 0 Å². The highest BCUT2D eigenvalue weighted by Gasteiger charge is 2.41. The van der Waals surface area contributed by atoms with Crippen LogP contribution >= 0.6 is 23.2 Å². The van der Waals surface area contributed by atoms with Gasteiger partial charge in [0.25, 0.3) is 0 Å². The molecule has 1 aromatic rings. The molecule has 0 atom stereocenters. The first-order valence-corrected chi connectivity index (χ1v) is 8.55. The minimum atomic E-state index is -3.96. The van der Waals surface area contributed by atoms with E-state index in [1.54, 1.807) is 13.8 Å². The van der Waals surface area contributed by atoms with Gasteiger partial charge in [0.05, 0.1) is 10.6 Å². The number of rotatable bonds is 5. The smallest absolute Gasteiger partial charge is 0.337 e. The van der Waals surface area contributed by atoms with Crippen LogP contribution < -0.4 is 4.72 Å². The first-order chi connectivity index (χ1) is 9.54. The summed E-state index contributed by atoms with van der Waals surface area (Å²) in [5, 5.41) is 8.71. The molecule has 1 aromatic carbocycles. The third kappa shape index (κ3) is 3.51. The standard InChI is InChI=1S/C13H15Cl2NO4S/c1-13(2,7-3-4-7)16-21(19,20)10-6-8(14)5-9(11(10)15)12(17)18/h5-7,16H,3-4H2,1-2H3,(H,17,18). The Kier molecular flexibility index (Phi) is 4.28. The second-order valence-corrected chi connectivity index (χ2v) is 8.14. The zero-order valence-electron chi connectivity index (χ0n) is 11.5. The first-order valence-electron chi connectivity index (χ1n) is 6.31. The van der Waals surface area contributed by atoms with Crippen molar-refractivity contribution in [1.82, 2.24) is 4.72 Å².